The second-order valence-electron chi connectivity index (χ2n) is 4.43. The SMILES string of the molecule is CN(C)C(=O)C1=CCC[C@@H]2CC[C@H]1N2. The van der Waals surface area contributed by atoms with E-state index in [1.165, 1.54) is 12.8 Å². The van der Waals surface area contributed by atoms with Crippen LogP contribution in [-0.4, -0.2) is 37.0 Å². The third-order valence-corrected chi connectivity index (χ3v) is 3.15. The highest BCUT2D eigenvalue weighted by molar-refractivity contribution is 5.94. The van der Waals surface area contributed by atoms with Gasteiger partial charge in [0.2, 0.25) is 0 Å². The number of likely N-dealkylation sites (N-methyl/N-ethyl adjacent to an activating group) is 1. The Morgan fingerprint density at radius 2 is 2.21 bits per heavy atom. The summed E-state index contributed by atoms with van der Waals surface area (Å²) in [5.74, 6) is 0.171. The number of nitrogens with one attached hydrogen (secondary N) is 1. The Labute approximate surface area is 85.2 Å². The van der Waals surface area contributed by atoms with Crippen molar-refractivity contribution < 1.29 is 4.79 Å². The Hall–Kier alpha value is -0.830. The Kier molecular flexibility index (Phi) is 2.59. The van der Waals surface area contributed by atoms with Gasteiger partial charge in [0.15, 0.2) is 0 Å². The smallest absolute Gasteiger partial charge is 0.250 e. The molecule has 0 unspecified atom stereocenters. The molecule has 0 aromatic carbocycles. The molecule has 0 radical (unpaired) electrons. The lowest BCUT2D eigenvalue weighted by Crippen LogP contribution is -2.35. The first-order valence-electron chi connectivity index (χ1n) is 5.36. The molecule has 0 saturated carbocycles. The number of nitrogens with zero attached hydrogens (tertiary/aromatic N) is 1. The average molecular weight is 194 g/mol. The zero-order chi connectivity index (χ0) is 10.1. The van der Waals surface area contributed by atoms with E-state index >= 15 is 0 Å². The van der Waals surface area contributed by atoms with Crippen molar-refractivity contribution in [3.05, 3.63) is 11.6 Å². The summed E-state index contributed by atoms with van der Waals surface area (Å²) in [5, 5.41) is 3.52. The lowest BCUT2D eigenvalue weighted by Gasteiger charge is -2.18. The number of hydrogen-bond donors (Lipinski definition) is 1. The fourth-order valence-corrected chi connectivity index (χ4v) is 2.37. The Balaban J connectivity index is 2.16. The molecule has 2 bridgehead atoms. The van der Waals surface area contributed by atoms with Crippen molar-refractivity contribution in [1.82, 2.24) is 10.2 Å². The highest BCUT2D eigenvalue weighted by Gasteiger charge is 2.31. The second kappa shape index (κ2) is 3.73. The molecule has 0 spiro atoms. The van der Waals surface area contributed by atoms with Crippen LogP contribution in [0, 0.1) is 0 Å². The molecule has 0 aromatic rings. The maximum atomic E-state index is 11.9. The monoisotopic (exact) mass is 194 g/mol. The van der Waals surface area contributed by atoms with Crippen LogP contribution in [0.3, 0.4) is 0 Å². The van der Waals surface area contributed by atoms with E-state index in [0.29, 0.717) is 12.1 Å². The zero-order valence-electron chi connectivity index (χ0n) is 8.92. The maximum absolute atomic E-state index is 11.9. The van der Waals surface area contributed by atoms with Crippen molar-refractivity contribution in [2.75, 3.05) is 14.1 Å². The summed E-state index contributed by atoms with van der Waals surface area (Å²) in [5.41, 5.74) is 0.981. The van der Waals surface area contributed by atoms with Gasteiger partial charge in [-0.3, -0.25) is 4.79 Å². The molecule has 0 aliphatic carbocycles. The van der Waals surface area contributed by atoms with Gasteiger partial charge < -0.3 is 10.2 Å². The van der Waals surface area contributed by atoms with Crippen LogP contribution >= 0.6 is 0 Å². The molecular formula is C11H18N2O. The van der Waals surface area contributed by atoms with E-state index in [1.54, 1.807) is 4.90 Å². The molecule has 3 heteroatoms. The Bertz CT molecular complexity index is 270. The van der Waals surface area contributed by atoms with E-state index in [1.807, 2.05) is 14.1 Å². The number of rotatable bonds is 1. The van der Waals surface area contributed by atoms with Gasteiger partial charge in [-0.05, 0) is 25.7 Å². The molecule has 1 fully saturated rings. The first kappa shape index (κ1) is 9.71. The molecule has 3 nitrogen and oxygen atoms in total. The normalized spacial score (nSPS) is 30.9. The van der Waals surface area contributed by atoms with Crippen LogP contribution in [0.4, 0.5) is 0 Å². The van der Waals surface area contributed by atoms with E-state index in [-0.39, 0.29) is 5.91 Å². The van der Waals surface area contributed by atoms with Gasteiger partial charge in [0.05, 0.1) is 0 Å². The number of amides is 1. The summed E-state index contributed by atoms with van der Waals surface area (Å²) in [6.07, 6.45) is 6.70. The molecule has 1 N–H and O–H groups in total. The number of carbonyl (C=O) groups excluding carboxylic acids is 1. The third-order valence-electron chi connectivity index (χ3n) is 3.15. The lowest BCUT2D eigenvalue weighted by atomic mass is 9.99. The van der Waals surface area contributed by atoms with Crippen LogP contribution in [0.1, 0.15) is 25.7 Å². The summed E-state index contributed by atoms with van der Waals surface area (Å²) in [6.45, 7) is 0. The molecule has 2 aliphatic rings. The molecule has 1 amide bonds. The molecule has 78 valence electrons. The van der Waals surface area contributed by atoms with Gasteiger partial charge in [0, 0.05) is 31.8 Å². The van der Waals surface area contributed by atoms with Gasteiger partial charge in [0.1, 0.15) is 0 Å². The van der Waals surface area contributed by atoms with Gasteiger partial charge in [-0.15, -0.1) is 0 Å². The predicted molar refractivity (Wildman–Crippen MR) is 56.0 cm³/mol. The predicted octanol–water partition coefficient (Wildman–Crippen LogP) is 0.915. The van der Waals surface area contributed by atoms with E-state index in [9.17, 15) is 4.79 Å². The fourth-order valence-electron chi connectivity index (χ4n) is 2.37. The minimum atomic E-state index is 0.171. The van der Waals surface area contributed by atoms with Gasteiger partial charge in [-0.1, -0.05) is 6.08 Å². The van der Waals surface area contributed by atoms with Crippen LogP contribution in [0.5, 0.6) is 0 Å². The Morgan fingerprint density at radius 3 is 2.93 bits per heavy atom. The minimum absolute atomic E-state index is 0.171. The van der Waals surface area contributed by atoms with Gasteiger partial charge >= 0.3 is 0 Å². The van der Waals surface area contributed by atoms with E-state index in [4.69, 9.17) is 0 Å². The number of carbonyl (C=O) groups is 1. The second-order valence-corrected chi connectivity index (χ2v) is 4.43. The molecule has 0 aromatic heterocycles. The van der Waals surface area contributed by atoms with Gasteiger partial charge in [-0.25, -0.2) is 0 Å². The standard InChI is InChI=1S/C11H18N2O/c1-13(2)11(14)9-5-3-4-8-6-7-10(9)12-8/h5,8,10,12H,3-4,6-7H2,1-2H3/t8-,10-/m1/s1. The molecule has 2 heterocycles. The number of fused-ring (bicyclic) bond motifs is 2. The van der Waals surface area contributed by atoms with Gasteiger partial charge in [0.25, 0.3) is 5.91 Å². The topological polar surface area (TPSA) is 32.3 Å². The van der Waals surface area contributed by atoms with Crippen LogP contribution in [0.25, 0.3) is 0 Å². The molecule has 14 heavy (non-hydrogen) atoms. The fraction of sp³-hybridized carbons (Fsp3) is 0.727. The van der Waals surface area contributed by atoms with Crippen LogP contribution < -0.4 is 5.32 Å². The quantitative estimate of drug-likeness (QED) is 0.673. The van der Waals surface area contributed by atoms with Crippen molar-refractivity contribution in [2.45, 2.75) is 37.8 Å². The first-order valence-corrected chi connectivity index (χ1v) is 5.36. The lowest BCUT2D eigenvalue weighted by molar-refractivity contribution is -0.125. The van der Waals surface area contributed by atoms with Crippen LogP contribution in [0.2, 0.25) is 0 Å². The minimum Gasteiger partial charge on any atom is -0.345 e. The van der Waals surface area contributed by atoms with Crippen molar-refractivity contribution in [3.8, 4) is 0 Å². The summed E-state index contributed by atoms with van der Waals surface area (Å²) >= 11 is 0. The van der Waals surface area contributed by atoms with Crippen molar-refractivity contribution >= 4 is 5.91 Å². The van der Waals surface area contributed by atoms with Gasteiger partial charge in [-0.2, -0.15) is 0 Å². The highest BCUT2D eigenvalue weighted by Crippen LogP contribution is 2.26. The van der Waals surface area contributed by atoms with E-state index < -0.39 is 0 Å². The third kappa shape index (κ3) is 1.69. The highest BCUT2D eigenvalue weighted by atomic mass is 16.2. The number of hydrogen-bond acceptors (Lipinski definition) is 2. The Morgan fingerprint density at radius 1 is 1.43 bits per heavy atom. The number of allylic oxidation sites excluding steroid dienone is 1. The maximum Gasteiger partial charge on any atom is 0.250 e. The molecule has 2 aliphatic heterocycles. The molecule has 2 atom stereocenters. The summed E-state index contributed by atoms with van der Waals surface area (Å²) in [4.78, 5) is 13.5. The summed E-state index contributed by atoms with van der Waals surface area (Å²) in [7, 11) is 3.64. The molecule has 2 rings (SSSR count). The average Bonchev–Trinajstić information content (AvgIpc) is 2.46. The largest absolute Gasteiger partial charge is 0.345 e. The van der Waals surface area contributed by atoms with Crippen molar-refractivity contribution in [1.29, 1.82) is 0 Å². The van der Waals surface area contributed by atoms with Crippen molar-refractivity contribution in [3.63, 3.8) is 0 Å². The summed E-state index contributed by atoms with van der Waals surface area (Å²) in [6, 6.07) is 0.959. The van der Waals surface area contributed by atoms with Crippen LogP contribution in [-0.2, 0) is 4.79 Å². The van der Waals surface area contributed by atoms with E-state index in [0.717, 1.165) is 18.4 Å². The zero-order valence-corrected chi connectivity index (χ0v) is 8.92. The van der Waals surface area contributed by atoms with E-state index in [2.05, 4.69) is 11.4 Å². The summed E-state index contributed by atoms with van der Waals surface area (Å²) < 4.78 is 0. The van der Waals surface area contributed by atoms with Crippen LogP contribution in [0.15, 0.2) is 11.6 Å². The van der Waals surface area contributed by atoms with Crippen molar-refractivity contribution in [2.24, 2.45) is 0 Å². The molecule has 1 saturated heterocycles. The molecular weight excluding hydrogens is 176 g/mol. The first-order chi connectivity index (χ1) is 6.68.